The van der Waals surface area contributed by atoms with Gasteiger partial charge >= 0.3 is 0 Å². The maximum absolute atomic E-state index is 12.2. The first-order chi connectivity index (χ1) is 11.5. The Bertz CT molecular complexity index is 815. The quantitative estimate of drug-likeness (QED) is 0.896. The van der Waals surface area contributed by atoms with Crippen LogP contribution >= 0.6 is 11.8 Å². The Hall–Kier alpha value is -2.60. The zero-order valence-electron chi connectivity index (χ0n) is 13.0. The van der Waals surface area contributed by atoms with E-state index in [9.17, 15) is 14.7 Å². The van der Waals surface area contributed by atoms with E-state index in [1.54, 1.807) is 24.3 Å². The summed E-state index contributed by atoms with van der Waals surface area (Å²) in [6.07, 6.45) is 0.0723. The number of anilines is 1. The number of rotatable bonds is 4. The zero-order valence-corrected chi connectivity index (χ0v) is 13.8. The molecular formula is C18H16N2O3S. The van der Waals surface area contributed by atoms with Crippen LogP contribution < -0.4 is 5.32 Å². The van der Waals surface area contributed by atoms with E-state index in [-0.39, 0.29) is 24.0 Å². The number of carbonyl (C=O) groups excluding carboxylic acids is 2. The molecule has 0 saturated heterocycles. The average Bonchev–Trinajstić information content (AvgIpc) is 2.91. The molecule has 6 heteroatoms. The number of thioether (sulfide) groups is 1. The molecule has 1 atom stereocenters. The number of aryl methyl sites for hydroxylation is 1. The second kappa shape index (κ2) is 6.88. The first kappa shape index (κ1) is 16.3. The fourth-order valence-electron chi connectivity index (χ4n) is 2.33. The van der Waals surface area contributed by atoms with Crippen LogP contribution in [0.25, 0.3) is 0 Å². The number of hydrogen-bond donors (Lipinski definition) is 2. The Kier molecular flexibility index (Phi) is 4.66. The predicted molar refractivity (Wildman–Crippen MR) is 95.5 cm³/mol. The fourth-order valence-corrected chi connectivity index (χ4v) is 3.40. The lowest BCUT2D eigenvalue weighted by Gasteiger charge is -2.10. The summed E-state index contributed by atoms with van der Waals surface area (Å²) in [4.78, 5) is 28.3. The molecule has 122 valence electrons. The number of nitrogens with one attached hydrogen (secondary N) is 1. The van der Waals surface area contributed by atoms with Crippen LogP contribution in [0.5, 0.6) is 5.75 Å². The van der Waals surface area contributed by atoms with Gasteiger partial charge in [0.2, 0.25) is 5.91 Å². The zero-order chi connectivity index (χ0) is 17.1. The monoisotopic (exact) mass is 340 g/mol. The summed E-state index contributed by atoms with van der Waals surface area (Å²) in [6, 6.07) is 14.0. The van der Waals surface area contributed by atoms with Crippen molar-refractivity contribution in [1.29, 1.82) is 0 Å². The predicted octanol–water partition coefficient (Wildman–Crippen LogP) is 3.12. The van der Waals surface area contributed by atoms with Gasteiger partial charge in [-0.3, -0.25) is 9.59 Å². The van der Waals surface area contributed by atoms with Crippen LogP contribution in [0.4, 0.5) is 5.69 Å². The van der Waals surface area contributed by atoms with Crippen molar-refractivity contribution >= 4 is 34.3 Å². The molecule has 0 saturated carbocycles. The molecule has 2 aromatic carbocycles. The van der Waals surface area contributed by atoms with E-state index in [0.717, 1.165) is 16.8 Å². The molecule has 1 heterocycles. The Morgan fingerprint density at radius 1 is 1.21 bits per heavy atom. The Labute approximate surface area is 143 Å². The lowest BCUT2D eigenvalue weighted by atomic mass is 10.2. The van der Waals surface area contributed by atoms with Crippen molar-refractivity contribution in [2.24, 2.45) is 4.99 Å². The number of amides is 2. The van der Waals surface area contributed by atoms with Gasteiger partial charge in [-0.2, -0.15) is 0 Å². The van der Waals surface area contributed by atoms with Gasteiger partial charge < -0.3 is 10.4 Å². The molecule has 3 rings (SSSR count). The number of phenolic OH excluding ortho intramolecular Hbond substituents is 1. The van der Waals surface area contributed by atoms with Crippen molar-refractivity contribution < 1.29 is 14.7 Å². The molecule has 5 nitrogen and oxygen atoms in total. The van der Waals surface area contributed by atoms with Gasteiger partial charge in [0.05, 0.1) is 0 Å². The van der Waals surface area contributed by atoms with Crippen molar-refractivity contribution in [3.63, 3.8) is 0 Å². The van der Waals surface area contributed by atoms with Crippen LogP contribution in [-0.2, 0) is 9.59 Å². The minimum atomic E-state index is -0.516. The van der Waals surface area contributed by atoms with Gasteiger partial charge in [-0.15, -0.1) is 0 Å². The molecule has 1 aliphatic rings. The minimum Gasteiger partial charge on any atom is -0.508 e. The number of aliphatic imine (C=N–C) groups is 1. The average molecular weight is 340 g/mol. The van der Waals surface area contributed by atoms with Crippen LogP contribution in [0.1, 0.15) is 17.5 Å². The number of nitrogens with zero attached hydrogens (tertiary/aromatic N) is 1. The van der Waals surface area contributed by atoms with Crippen LogP contribution in [-0.4, -0.2) is 27.2 Å². The van der Waals surface area contributed by atoms with Crippen LogP contribution in [0, 0.1) is 6.92 Å². The fraction of sp³-hybridized carbons (Fsp3) is 0.167. The molecule has 0 spiro atoms. The van der Waals surface area contributed by atoms with Gasteiger partial charge in [0, 0.05) is 17.7 Å². The van der Waals surface area contributed by atoms with E-state index in [4.69, 9.17) is 0 Å². The molecule has 0 bridgehead atoms. The second-order valence-corrected chi connectivity index (χ2v) is 6.67. The lowest BCUT2D eigenvalue weighted by molar-refractivity contribution is -0.121. The third kappa shape index (κ3) is 3.65. The summed E-state index contributed by atoms with van der Waals surface area (Å²) in [7, 11) is 0. The highest BCUT2D eigenvalue weighted by molar-refractivity contribution is 8.16. The summed E-state index contributed by atoms with van der Waals surface area (Å²) in [6.45, 7) is 1.91. The first-order valence-electron chi connectivity index (χ1n) is 7.47. The van der Waals surface area contributed by atoms with E-state index in [2.05, 4.69) is 10.3 Å². The third-order valence-electron chi connectivity index (χ3n) is 3.65. The van der Waals surface area contributed by atoms with Crippen LogP contribution in [0.2, 0.25) is 0 Å². The number of benzene rings is 2. The van der Waals surface area contributed by atoms with Crippen LogP contribution in [0.15, 0.2) is 53.5 Å². The van der Waals surface area contributed by atoms with Gasteiger partial charge in [0.1, 0.15) is 16.0 Å². The van der Waals surface area contributed by atoms with E-state index in [1.807, 2.05) is 31.2 Å². The number of carbonyl (C=O) groups is 2. The van der Waals surface area contributed by atoms with Crippen molar-refractivity contribution in [3.8, 4) is 5.75 Å². The third-order valence-corrected chi connectivity index (χ3v) is 4.85. The second-order valence-electron chi connectivity index (χ2n) is 5.48. The smallest absolute Gasteiger partial charge is 0.260 e. The van der Waals surface area contributed by atoms with Crippen molar-refractivity contribution in [2.45, 2.75) is 18.6 Å². The highest BCUT2D eigenvalue weighted by atomic mass is 32.2. The maximum Gasteiger partial charge on any atom is 0.260 e. The number of phenols is 1. The number of para-hydroxylation sites is 1. The van der Waals surface area contributed by atoms with Gasteiger partial charge in [-0.25, -0.2) is 4.99 Å². The molecule has 2 aromatic rings. The SMILES string of the molecule is Cc1ccccc1NC(=O)C[C@H]1SC(c2ccc(O)cc2)=NC1=O. The largest absolute Gasteiger partial charge is 0.508 e. The van der Waals surface area contributed by atoms with E-state index < -0.39 is 5.25 Å². The van der Waals surface area contributed by atoms with Gasteiger partial charge in [0.15, 0.2) is 0 Å². The molecular weight excluding hydrogens is 324 g/mol. The van der Waals surface area contributed by atoms with Gasteiger partial charge in [-0.05, 0) is 42.8 Å². The van der Waals surface area contributed by atoms with E-state index >= 15 is 0 Å². The summed E-state index contributed by atoms with van der Waals surface area (Å²) in [5.41, 5.74) is 2.47. The molecule has 0 fully saturated rings. The van der Waals surface area contributed by atoms with E-state index in [1.165, 1.54) is 11.8 Å². The molecule has 0 radical (unpaired) electrons. The van der Waals surface area contributed by atoms with Gasteiger partial charge in [0.25, 0.3) is 5.91 Å². The van der Waals surface area contributed by atoms with Crippen molar-refractivity contribution in [1.82, 2.24) is 0 Å². The van der Waals surface area contributed by atoms with Gasteiger partial charge in [-0.1, -0.05) is 30.0 Å². The Morgan fingerprint density at radius 2 is 1.92 bits per heavy atom. The molecule has 0 aromatic heterocycles. The molecule has 24 heavy (non-hydrogen) atoms. The van der Waals surface area contributed by atoms with Crippen molar-refractivity contribution in [3.05, 3.63) is 59.7 Å². The highest BCUT2D eigenvalue weighted by Crippen LogP contribution is 2.30. The highest BCUT2D eigenvalue weighted by Gasteiger charge is 2.31. The standard InChI is InChI=1S/C18H16N2O3S/c1-11-4-2-3-5-14(11)19-16(22)10-15-17(23)20-18(24-15)12-6-8-13(21)9-7-12/h2-9,15,21H,10H2,1H3,(H,19,22)/t15-/m1/s1. The summed E-state index contributed by atoms with van der Waals surface area (Å²) in [5, 5.41) is 12.2. The van der Waals surface area contributed by atoms with Crippen molar-refractivity contribution in [2.75, 3.05) is 5.32 Å². The minimum absolute atomic E-state index is 0.0723. The molecule has 0 aliphatic carbocycles. The molecule has 2 N–H and O–H groups in total. The topological polar surface area (TPSA) is 78.8 Å². The normalized spacial score (nSPS) is 16.8. The van der Waals surface area contributed by atoms with Crippen LogP contribution in [0.3, 0.4) is 0 Å². The molecule has 0 unspecified atom stereocenters. The lowest BCUT2D eigenvalue weighted by Crippen LogP contribution is -2.21. The first-order valence-corrected chi connectivity index (χ1v) is 8.35. The Balaban J connectivity index is 1.63. The molecule has 1 aliphatic heterocycles. The maximum atomic E-state index is 12.2. The number of aromatic hydroxyl groups is 1. The summed E-state index contributed by atoms with van der Waals surface area (Å²) >= 11 is 1.28. The molecule has 2 amide bonds. The summed E-state index contributed by atoms with van der Waals surface area (Å²) in [5.74, 6) is -0.358. The van der Waals surface area contributed by atoms with E-state index in [0.29, 0.717) is 5.04 Å². The Morgan fingerprint density at radius 3 is 2.62 bits per heavy atom. The number of hydrogen-bond acceptors (Lipinski definition) is 4. The summed E-state index contributed by atoms with van der Waals surface area (Å²) < 4.78 is 0.